The van der Waals surface area contributed by atoms with Crippen LogP contribution in [0.4, 0.5) is 4.79 Å². The number of carbonyl (C=O) groups is 3. The molecule has 240 valence electrons. The van der Waals surface area contributed by atoms with Crippen LogP contribution in [-0.4, -0.2) is 48.2 Å². The number of carbonyl (C=O) groups excluding carboxylic acids is 3. The number of ether oxygens (including phenoxy) is 1. The highest BCUT2D eigenvalue weighted by Crippen LogP contribution is 2.26. The van der Waals surface area contributed by atoms with E-state index in [2.05, 4.69) is 81.8 Å². The van der Waals surface area contributed by atoms with Gasteiger partial charge in [0.05, 0.1) is 6.04 Å². The van der Waals surface area contributed by atoms with E-state index in [1.807, 2.05) is 39.0 Å². The Morgan fingerprint density at radius 2 is 1.37 bits per heavy atom. The van der Waals surface area contributed by atoms with E-state index in [9.17, 15) is 14.4 Å². The molecule has 2 aromatic carbocycles. The normalized spacial score (nSPS) is 14.5. The maximum absolute atomic E-state index is 13.1. The highest BCUT2D eigenvalue weighted by atomic mass is 16.6. The minimum atomic E-state index is -0.611. The topological polar surface area (TPSA) is 123 Å². The second-order valence-electron chi connectivity index (χ2n) is 14.9. The molecule has 0 spiro atoms. The summed E-state index contributed by atoms with van der Waals surface area (Å²) in [5.41, 5.74) is 6.33. The maximum Gasteiger partial charge on any atom is 0.315 e. The van der Waals surface area contributed by atoms with Gasteiger partial charge in [-0.1, -0.05) is 84.0 Å². The molecule has 0 aliphatic heterocycles. The van der Waals surface area contributed by atoms with E-state index in [0.717, 1.165) is 35.6 Å². The van der Waals surface area contributed by atoms with Gasteiger partial charge in [0.2, 0.25) is 5.91 Å². The third-order valence-corrected chi connectivity index (χ3v) is 7.58. The Balaban J connectivity index is 1.81. The number of nitrogens with two attached hydrogens (primary N) is 1. The summed E-state index contributed by atoms with van der Waals surface area (Å²) in [6, 6.07) is 13.2. The van der Waals surface area contributed by atoms with Gasteiger partial charge < -0.3 is 26.4 Å². The summed E-state index contributed by atoms with van der Waals surface area (Å²) in [4.78, 5) is 38.0. The molecular weight excluding hydrogens is 540 g/mol. The first-order valence-electron chi connectivity index (χ1n) is 15.6. The number of benzene rings is 2. The average Bonchev–Trinajstić information content (AvgIpc) is 2.87. The first kappa shape index (κ1) is 36.1. The lowest BCUT2D eigenvalue weighted by molar-refractivity contribution is -0.155. The Morgan fingerprint density at radius 3 is 1.95 bits per heavy atom. The molecule has 0 radical (unpaired) electrons. The van der Waals surface area contributed by atoms with Crippen LogP contribution in [0.5, 0.6) is 0 Å². The Morgan fingerprint density at radius 1 is 0.791 bits per heavy atom. The molecule has 0 aliphatic carbocycles. The number of hydrogen-bond acceptors (Lipinski definition) is 5. The Bertz CT molecular complexity index is 1210. The number of amides is 3. The summed E-state index contributed by atoms with van der Waals surface area (Å²) in [5.74, 6) is -0.420. The molecule has 0 unspecified atom stereocenters. The smallest absolute Gasteiger partial charge is 0.315 e. The van der Waals surface area contributed by atoms with Crippen LogP contribution in [-0.2, 0) is 20.7 Å². The van der Waals surface area contributed by atoms with Crippen molar-refractivity contribution in [1.29, 1.82) is 0 Å². The monoisotopic (exact) mass is 596 g/mol. The molecule has 8 nitrogen and oxygen atoms in total. The zero-order valence-corrected chi connectivity index (χ0v) is 27.9. The molecule has 0 saturated heterocycles. The van der Waals surface area contributed by atoms with Gasteiger partial charge in [0, 0.05) is 25.0 Å². The first-order valence-corrected chi connectivity index (χ1v) is 15.6. The minimum absolute atomic E-state index is 0.0650. The van der Waals surface area contributed by atoms with Gasteiger partial charge in [-0.25, -0.2) is 4.79 Å². The molecule has 0 saturated carbocycles. The lowest BCUT2D eigenvalue weighted by Gasteiger charge is -2.35. The summed E-state index contributed by atoms with van der Waals surface area (Å²) >= 11 is 0. The van der Waals surface area contributed by atoms with E-state index < -0.39 is 11.6 Å². The van der Waals surface area contributed by atoms with Gasteiger partial charge in [0.15, 0.2) is 0 Å². The Kier molecular flexibility index (Phi) is 13.0. The summed E-state index contributed by atoms with van der Waals surface area (Å²) in [7, 11) is 0. The van der Waals surface area contributed by atoms with Crippen LogP contribution in [0.3, 0.4) is 0 Å². The molecule has 3 atom stereocenters. The molecular formula is C35H56N4O4. The molecule has 3 amide bonds. The standard InChI is InChI=1S/C35H56N4O4/c1-33(2,3)28(38-32(42)39-29(34(4,5)6)19-20-30(40)43-35(7,8)9)16-12-13-21-37-31(41)27(36)23-24-17-18-25-14-10-11-15-26(25)22-24/h10-11,14-15,17-18,22,27-29H,12-13,16,19-21,23,36H2,1-9H3,(H,37,41)(H2,38,39,42)/t27-,28-,29-/m0/s1. The average molecular weight is 597 g/mol. The number of unbranched alkanes of at least 4 members (excludes halogenated alkanes) is 1. The lowest BCUT2D eigenvalue weighted by Crippen LogP contribution is -2.53. The summed E-state index contributed by atoms with van der Waals surface area (Å²) < 4.78 is 5.45. The van der Waals surface area contributed by atoms with Gasteiger partial charge in [-0.05, 0) is 80.0 Å². The number of esters is 1. The first-order chi connectivity index (χ1) is 19.8. The molecule has 0 aromatic heterocycles. The fourth-order valence-electron chi connectivity index (χ4n) is 4.98. The van der Waals surface area contributed by atoms with E-state index in [4.69, 9.17) is 10.5 Å². The second-order valence-corrected chi connectivity index (χ2v) is 14.9. The van der Waals surface area contributed by atoms with Crippen molar-refractivity contribution in [3.8, 4) is 0 Å². The van der Waals surface area contributed by atoms with E-state index >= 15 is 0 Å². The summed E-state index contributed by atoms with van der Waals surface area (Å²) in [6.07, 6.45) is 3.60. The van der Waals surface area contributed by atoms with Crippen LogP contribution in [0.2, 0.25) is 0 Å². The Labute approximate surface area is 259 Å². The molecule has 0 fully saturated rings. The van der Waals surface area contributed by atoms with Crippen molar-refractivity contribution in [3.63, 3.8) is 0 Å². The largest absolute Gasteiger partial charge is 0.460 e. The molecule has 8 heteroatoms. The van der Waals surface area contributed by atoms with Crippen LogP contribution in [0.15, 0.2) is 42.5 Å². The van der Waals surface area contributed by atoms with E-state index in [1.165, 1.54) is 0 Å². The molecule has 2 aromatic rings. The predicted molar refractivity (Wildman–Crippen MR) is 176 cm³/mol. The van der Waals surface area contributed by atoms with Crippen molar-refractivity contribution < 1.29 is 19.1 Å². The highest BCUT2D eigenvalue weighted by Gasteiger charge is 2.31. The van der Waals surface area contributed by atoms with Crippen LogP contribution >= 0.6 is 0 Å². The van der Waals surface area contributed by atoms with Crippen LogP contribution in [0.25, 0.3) is 10.8 Å². The SMILES string of the molecule is CC(C)(C)OC(=O)CC[C@H](NC(=O)N[C@@H](CCCCNC(=O)[C@@H](N)Cc1ccc2ccccc2c1)C(C)(C)C)C(C)(C)C. The molecule has 0 aliphatic rings. The number of urea groups is 1. The Hall–Kier alpha value is -3.13. The predicted octanol–water partition coefficient (Wildman–Crippen LogP) is 6.25. The quantitative estimate of drug-likeness (QED) is 0.161. The van der Waals surface area contributed by atoms with Gasteiger partial charge in [0.25, 0.3) is 0 Å². The fourth-order valence-corrected chi connectivity index (χ4v) is 4.98. The summed E-state index contributed by atoms with van der Waals surface area (Å²) in [5, 5.41) is 11.5. The van der Waals surface area contributed by atoms with Gasteiger partial charge >= 0.3 is 12.0 Å². The van der Waals surface area contributed by atoms with Crippen LogP contribution in [0.1, 0.15) is 100.0 Å². The van der Waals surface area contributed by atoms with Gasteiger partial charge in [-0.2, -0.15) is 0 Å². The third kappa shape index (κ3) is 13.4. The maximum atomic E-state index is 13.1. The molecule has 0 bridgehead atoms. The number of rotatable bonds is 13. The number of nitrogens with one attached hydrogen (secondary N) is 3. The van der Waals surface area contributed by atoms with Crippen molar-refractivity contribution >= 4 is 28.7 Å². The van der Waals surface area contributed by atoms with Crippen molar-refractivity contribution in [3.05, 3.63) is 48.0 Å². The van der Waals surface area contributed by atoms with E-state index in [-0.39, 0.29) is 47.2 Å². The van der Waals surface area contributed by atoms with Gasteiger partial charge in [-0.3, -0.25) is 9.59 Å². The van der Waals surface area contributed by atoms with Crippen molar-refractivity contribution in [2.45, 2.75) is 125 Å². The lowest BCUT2D eigenvalue weighted by atomic mass is 9.83. The van der Waals surface area contributed by atoms with Crippen molar-refractivity contribution in [1.82, 2.24) is 16.0 Å². The van der Waals surface area contributed by atoms with Gasteiger partial charge in [-0.15, -0.1) is 0 Å². The zero-order valence-electron chi connectivity index (χ0n) is 27.9. The number of hydrogen-bond donors (Lipinski definition) is 4. The van der Waals surface area contributed by atoms with E-state index in [1.54, 1.807) is 0 Å². The van der Waals surface area contributed by atoms with Crippen molar-refractivity contribution in [2.75, 3.05) is 6.54 Å². The van der Waals surface area contributed by atoms with E-state index in [0.29, 0.717) is 19.4 Å². The third-order valence-electron chi connectivity index (χ3n) is 7.58. The van der Waals surface area contributed by atoms with Crippen LogP contribution < -0.4 is 21.7 Å². The molecule has 43 heavy (non-hydrogen) atoms. The molecule has 0 heterocycles. The van der Waals surface area contributed by atoms with Crippen molar-refractivity contribution in [2.24, 2.45) is 16.6 Å². The molecule has 2 rings (SSSR count). The number of fused-ring (bicyclic) bond motifs is 1. The zero-order chi connectivity index (χ0) is 32.4. The second kappa shape index (κ2) is 15.6. The van der Waals surface area contributed by atoms with Crippen LogP contribution in [0, 0.1) is 10.8 Å². The summed E-state index contributed by atoms with van der Waals surface area (Å²) in [6.45, 7) is 18.6. The highest BCUT2D eigenvalue weighted by molar-refractivity contribution is 5.84. The fraction of sp³-hybridized carbons (Fsp3) is 0.629. The molecule has 5 N–H and O–H groups in total. The minimum Gasteiger partial charge on any atom is -0.460 e. The van der Waals surface area contributed by atoms with Gasteiger partial charge in [0.1, 0.15) is 5.60 Å².